The summed E-state index contributed by atoms with van der Waals surface area (Å²) in [6.07, 6.45) is -0.464. The van der Waals surface area contributed by atoms with Crippen LogP contribution in [-0.2, 0) is 4.79 Å². The SMILES string of the molecule is C[C@@H]1CNC[C@H]1C(=O)NC[C@@H](C)O. The van der Waals surface area contributed by atoms with Crippen LogP contribution < -0.4 is 10.6 Å². The molecule has 0 bridgehead atoms. The predicted molar refractivity (Wildman–Crippen MR) is 50.2 cm³/mol. The molecule has 4 heteroatoms. The molecule has 1 saturated heterocycles. The molecule has 0 aromatic rings. The van der Waals surface area contributed by atoms with Crippen LogP contribution >= 0.6 is 0 Å². The van der Waals surface area contributed by atoms with E-state index in [1.165, 1.54) is 0 Å². The minimum atomic E-state index is -0.464. The molecule has 1 aliphatic heterocycles. The van der Waals surface area contributed by atoms with Gasteiger partial charge in [0.05, 0.1) is 12.0 Å². The van der Waals surface area contributed by atoms with Gasteiger partial charge in [-0.2, -0.15) is 0 Å². The van der Waals surface area contributed by atoms with Crippen LogP contribution in [0, 0.1) is 11.8 Å². The number of hydrogen-bond acceptors (Lipinski definition) is 3. The van der Waals surface area contributed by atoms with Crippen LogP contribution in [0.1, 0.15) is 13.8 Å². The van der Waals surface area contributed by atoms with Crippen molar-refractivity contribution in [2.75, 3.05) is 19.6 Å². The van der Waals surface area contributed by atoms with E-state index in [1.54, 1.807) is 6.92 Å². The third kappa shape index (κ3) is 2.97. The molecule has 1 aliphatic rings. The summed E-state index contributed by atoms with van der Waals surface area (Å²) in [5, 5.41) is 14.9. The number of hydrogen-bond donors (Lipinski definition) is 3. The van der Waals surface area contributed by atoms with Gasteiger partial charge in [0.1, 0.15) is 0 Å². The van der Waals surface area contributed by atoms with Gasteiger partial charge in [-0.05, 0) is 19.4 Å². The summed E-state index contributed by atoms with van der Waals surface area (Å²) in [5.41, 5.74) is 0. The molecule has 3 N–H and O–H groups in total. The van der Waals surface area contributed by atoms with Crippen LogP contribution in [0.3, 0.4) is 0 Å². The van der Waals surface area contributed by atoms with Crippen LogP contribution in [-0.4, -0.2) is 36.8 Å². The van der Waals surface area contributed by atoms with Crippen LogP contribution in [0.5, 0.6) is 0 Å². The monoisotopic (exact) mass is 186 g/mol. The van der Waals surface area contributed by atoms with Gasteiger partial charge in [-0.3, -0.25) is 4.79 Å². The first-order valence-corrected chi connectivity index (χ1v) is 4.77. The molecule has 0 aromatic carbocycles. The zero-order chi connectivity index (χ0) is 9.84. The molecule has 0 unspecified atom stereocenters. The van der Waals surface area contributed by atoms with Crippen molar-refractivity contribution in [3.63, 3.8) is 0 Å². The summed E-state index contributed by atoms with van der Waals surface area (Å²) in [7, 11) is 0. The quantitative estimate of drug-likeness (QED) is 0.548. The third-order valence-corrected chi connectivity index (χ3v) is 2.43. The number of nitrogens with one attached hydrogen (secondary N) is 2. The highest BCUT2D eigenvalue weighted by Crippen LogP contribution is 2.15. The fourth-order valence-electron chi connectivity index (χ4n) is 1.54. The van der Waals surface area contributed by atoms with Gasteiger partial charge >= 0.3 is 0 Å². The smallest absolute Gasteiger partial charge is 0.224 e. The summed E-state index contributed by atoms with van der Waals surface area (Å²) < 4.78 is 0. The maximum absolute atomic E-state index is 11.5. The number of amides is 1. The van der Waals surface area contributed by atoms with Gasteiger partial charge in [0, 0.05) is 13.1 Å². The summed E-state index contributed by atoms with van der Waals surface area (Å²) in [6.45, 7) is 5.74. The Morgan fingerprint density at radius 1 is 1.69 bits per heavy atom. The Hall–Kier alpha value is -0.610. The summed E-state index contributed by atoms with van der Waals surface area (Å²) in [5.74, 6) is 0.520. The molecule has 0 radical (unpaired) electrons. The molecule has 0 saturated carbocycles. The first kappa shape index (κ1) is 10.5. The van der Waals surface area contributed by atoms with E-state index in [2.05, 4.69) is 17.6 Å². The Morgan fingerprint density at radius 2 is 2.38 bits per heavy atom. The van der Waals surface area contributed by atoms with E-state index in [1.807, 2.05) is 0 Å². The lowest BCUT2D eigenvalue weighted by Gasteiger charge is -2.14. The van der Waals surface area contributed by atoms with Gasteiger partial charge in [0.25, 0.3) is 0 Å². The molecule has 4 nitrogen and oxygen atoms in total. The van der Waals surface area contributed by atoms with Gasteiger partial charge in [0.2, 0.25) is 5.91 Å². The maximum Gasteiger partial charge on any atom is 0.224 e. The largest absolute Gasteiger partial charge is 0.392 e. The van der Waals surface area contributed by atoms with Crippen molar-refractivity contribution in [3.05, 3.63) is 0 Å². The third-order valence-electron chi connectivity index (χ3n) is 2.43. The molecule has 13 heavy (non-hydrogen) atoms. The Kier molecular flexibility index (Phi) is 3.69. The number of aliphatic hydroxyl groups excluding tert-OH is 1. The van der Waals surface area contributed by atoms with E-state index in [4.69, 9.17) is 5.11 Å². The van der Waals surface area contributed by atoms with Gasteiger partial charge in [0.15, 0.2) is 0 Å². The average Bonchev–Trinajstić information content (AvgIpc) is 2.47. The molecule has 76 valence electrons. The van der Waals surface area contributed by atoms with Crippen LogP contribution in [0.4, 0.5) is 0 Å². The van der Waals surface area contributed by atoms with Crippen molar-refractivity contribution < 1.29 is 9.90 Å². The van der Waals surface area contributed by atoms with Gasteiger partial charge in [-0.25, -0.2) is 0 Å². The molecule has 0 aromatic heterocycles. The summed E-state index contributed by atoms with van der Waals surface area (Å²) in [6, 6.07) is 0. The molecular weight excluding hydrogens is 168 g/mol. The molecule has 1 fully saturated rings. The van der Waals surface area contributed by atoms with Gasteiger partial charge in [-0.1, -0.05) is 6.92 Å². The second kappa shape index (κ2) is 4.58. The van der Waals surface area contributed by atoms with Crippen LogP contribution in [0.25, 0.3) is 0 Å². The second-order valence-corrected chi connectivity index (χ2v) is 3.84. The number of aliphatic hydroxyl groups is 1. The van der Waals surface area contributed by atoms with Crippen molar-refractivity contribution in [1.82, 2.24) is 10.6 Å². The van der Waals surface area contributed by atoms with Crippen molar-refractivity contribution in [2.24, 2.45) is 11.8 Å². The van der Waals surface area contributed by atoms with Crippen molar-refractivity contribution in [3.8, 4) is 0 Å². The van der Waals surface area contributed by atoms with Gasteiger partial charge in [-0.15, -0.1) is 0 Å². The normalized spacial score (nSPS) is 30.1. The molecule has 1 rings (SSSR count). The Labute approximate surface area is 78.7 Å². The fourth-order valence-corrected chi connectivity index (χ4v) is 1.54. The number of carbonyl (C=O) groups excluding carboxylic acids is 1. The van der Waals surface area contributed by atoms with E-state index in [-0.39, 0.29) is 11.8 Å². The van der Waals surface area contributed by atoms with E-state index in [0.717, 1.165) is 13.1 Å². The number of carbonyl (C=O) groups is 1. The first-order chi connectivity index (χ1) is 6.11. The molecule has 1 heterocycles. The Morgan fingerprint density at radius 3 is 2.85 bits per heavy atom. The minimum absolute atomic E-state index is 0.0541. The van der Waals surface area contributed by atoms with Crippen molar-refractivity contribution >= 4 is 5.91 Å². The molecule has 1 amide bonds. The van der Waals surface area contributed by atoms with Crippen LogP contribution in [0.15, 0.2) is 0 Å². The Bertz CT molecular complexity index is 182. The highest BCUT2D eigenvalue weighted by Gasteiger charge is 2.29. The molecule has 3 atom stereocenters. The summed E-state index contributed by atoms with van der Waals surface area (Å²) >= 11 is 0. The predicted octanol–water partition coefficient (Wildman–Crippen LogP) is -0.661. The zero-order valence-electron chi connectivity index (χ0n) is 8.21. The van der Waals surface area contributed by atoms with E-state index in [0.29, 0.717) is 12.5 Å². The van der Waals surface area contributed by atoms with E-state index < -0.39 is 6.10 Å². The summed E-state index contributed by atoms with van der Waals surface area (Å²) in [4.78, 5) is 11.5. The molecular formula is C9H18N2O2. The van der Waals surface area contributed by atoms with Crippen LogP contribution in [0.2, 0.25) is 0 Å². The lowest BCUT2D eigenvalue weighted by atomic mass is 9.97. The topological polar surface area (TPSA) is 61.4 Å². The number of rotatable bonds is 3. The zero-order valence-corrected chi connectivity index (χ0v) is 8.21. The average molecular weight is 186 g/mol. The lowest BCUT2D eigenvalue weighted by Crippen LogP contribution is -2.37. The van der Waals surface area contributed by atoms with Gasteiger partial charge < -0.3 is 15.7 Å². The standard InChI is InChI=1S/C9H18N2O2/c1-6-3-10-5-8(6)9(13)11-4-7(2)12/h6-8,10,12H,3-5H2,1-2H3,(H,11,13)/t6-,7-,8-/m1/s1. The second-order valence-electron chi connectivity index (χ2n) is 3.84. The van der Waals surface area contributed by atoms with Crippen molar-refractivity contribution in [2.45, 2.75) is 20.0 Å². The van der Waals surface area contributed by atoms with E-state index in [9.17, 15) is 4.79 Å². The lowest BCUT2D eigenvalue weighted by molar-refractivity contribution is -0.125. The fraction of sp³-hybridized carbons (Fsp3) is 0.889. The minimum Gasteiger partial charge on any atom is -0.392 e. The first-order valence-electron chi connectivity index (χ1n) is 4.77. The molecule has 0 spiro atoms. The maximum atomic E-state index is 11.5. The molecule has 0 aliphatic carbocycles. The highest BCUT2D eigenvalue weighted by atomic mass is 16.3. The van der Waals surface area contributed by atoms with Crippen molar-refractivity contribution in [1.29, 1.82) is 0 Å². The van der Waals surface area contributed by atoms with E-state index >= 15 is 0 Å². The highest BCUT2D eigenvalue weighted by molar-refractivity contribution is 5.79. The Balaban J connectivity index is 2.30.